The molecule has 2 aromatic carbocycles. The summed E-state index contributed by atoms with van der Waals surface area (Å²) in [5, 5.41) is 3.02. The molecule has 1 unspecified atom stereocenters. The van der Waals surface area contributed by atoms with Gasteiger partial charge in [0.1, 0.15) is 13.2 Å². The lowest BCUT2D eigenvalue weighted by Crippen LogP contribution is -2.27. The van der Waals surface area contributed by atoms with E-state index in [2.05, 4.69) is 36.5 Å². The van der Waals surface area contributed by atoms with Crippen LogP contribution in [0.4, 0.5) is 0 Å². The summed E-state index contributed by atoms with van der Waals surface area (Å²) in [7, 11) is 0. The van der Waals surface area contributed by atoms with Crippen LogP contribution < -0.4 is 14.8 Å². The predicted molar refractivity (Wildman–Crippen MR) is 89.1 cm³/mol. The van der Waals surface area contributed by atoms with Gasteiger partial charge in [0.2, 0.25) is 0 Å². The fraction of sp³-hybridized carbons (Fsp3) is 0.316. The van der Waals surface area contributed by atoms with E-state index in [1.54, 1.807) is 18.2 Å². The molecule has 1 N–H and O–H groups in total. The second kappa shape index (κ2) is 6.73. The third kappa shape index (κ3) is 3.47. The molecule has 0 aromatic heterocycles. The fourth-order valence-corrected chi connectivity index (χ4v) is 2.59. The number of hydrogen-bond acceptors (Lipinski definition) is 3. The molecule has 0 radical (unpaired) electrons. The molecule has 3 rings (SSSR count). The van der Waals surface area contributed by atoms with Gasteiger partial charge in [0.25, 0.3) is 5.91 Å². The number of carbonyl (C=O) groups is 1. The van der Waals surface area contributed by atoms with Crippen LogP contribution >= 0.6 is 0 Å². The number of amides is 1. The highest BCUT2D eigenvalue weighted by Crippen LogP contribution is 2.30. The summed E-state index contributed by atoms with van der Waals surface area (Å²) >= 11 is 0. The smallest absolute Gasteiger partial charge is 0.251 e. The van der Waals surface area contributed by atoms with E-state index >= 15 is 0 Å². The van der Waals surface area contributed by atoms with Crippen LogP contribution in [0.15, 0.2) is 42.5 Å². The first kappa shape index (κ1) is 15.4. The van der Waals surface area contributed by atoms with Gasteiger partial charge in [0.05, 0.1) is 6.04 Å². The van der Waals surface area contributed by atoms with Gasteiger partial charge in [-0.3, -0.25) is 4.79 Å². The zero-order chi connectivity index (χ0) is 16.2. The normalized spacial score (nSPS) is 14.2. The van der Waals surface area contributed by atoms with E-state index < -0.39 is 0 Å². The van der Waals surface area contributed by atoms with Crippen LogP contribution in [0.3, 0.4) is 0 Å². The lowest BCUT2D eigenvalue weighted by Gasteiger charge is -2.19. The van der Waals surface area contributed by atoms with Crippen molar-refractivity contribution in [1.82, 2.24) is 5.32 Å². The van der Waals surface area contributed by atoms with Crippen molar-refractivity contribution < 1.29 is 14.3 Å². The van der Waals surface area contributed by atoms with Gasteiger partial charge in [-0.2, -0.15) is 0 Å². The van der Waals surface area contributed by atoms with Crippen LogP contribution in [0.2, 0.25) is 0 Å². The number of rotatable bonds is 4. The van der Waals surface area contributed by atoms with Crippen molar-refractivity contribution in [2.75, 3.05) is 13.2 Å². The molecular formula is C19H21NO3. The Morgan fingerprint density at radius 2 is 1.78 bits per heavy atom. The van der Waals surface area contributed by atoms with E-state index in [0.717, 1.165) is 12.0 Å². The summed E-state index contributed by atoms with van der Waals surface area (Å²) in [4.78, 5) is 12.4. The molecular weight excluding hydrogens is 290 g/mol. The van der Waals surface area contributed by atoms with Gasteiger partial charge in [0.15, 0.2) is 11.5 Å². The second-order valence-corrected chi connectivity index (χ2v) is 5.65. The van der Waals surface area contributed by atoms with Crippen molar-refractivity contribution in [3.05, 3.63) is 59.2 Å². The molecule has 23 heavy (non-hydrogen) atoms. The number of fused-ring (bicyclic) bond motifs is 1. The van der Waals surface area contributed by atoms with Crippen LogP contribution in [0, 0.1) is 0 Å². The highest BCUT2D eigenvalue weighted by Gasteiger charge is 2.16. The largest absolute Gasteiger partial charge is 0.486 e. The Labute approximate surface area is 136 Å². The van der Waals surface area contributed by atoms with E-state index in [-0.39, 0.29) is 11.9 Å². The van der Waals surface area contributed by atoms with E-state index in [1.165, 1.54) is 5.56 Å². The lowest BCUT2D eigenvalue weighted by molar-refractivity contribution is 0.0938. The molecule has 120 valence electrons. The molecule has 0 spiro atoms. The first-order chi connectivity index (χ1) is 11.2. The second-order valence-electron chi connectivity index (χ2n) is 5.65. The van der Waals surface area contributed by atoms with Crippen molar-refractivity contribution in [2.45, 2.75) is 26.3 Å². The standard InChI is InChI=1S/C19H21NO3/c1-3-14-4-6-15(7-5-14)13(2)20-19(21)16-8-9-17-18(12-16)23-11-10-22-17/h4-9,12-13H,3,10-11H2,1-2H3,(H,20,21). The Kier molecular flexibility index (Phi) is 4.51. The average Bonchev–Trinajstić information content (AvgIpc) is 2.61. The number of carbonyl (C=O) groups excluding carboxylic acids is 1. The Bertz CT molecular complexity index is 694. The summed E-state index contributed by atoms with van der Waals surface area (Å²) in [6.07, 6.45) is 1.01. The quantitative estimate of drug-likeness (QED) is 0.940. The molecule has 0 aliphatic carbocycles. The van der Waals surface area contributed by atoms with Crippen LogP contribution in [-0.2, 0) is 6.42 Å². The van der Waals surface area contributed by atoms with Crippen LogP contribution in [0.1, 0.15) is 41.4 Å². The van der Waals surface area contributed by atoms with Crippen molar-refractivity contribution in [3.8, 4) is 11.5 Å². The topological polar surface area (TPSA) is 47.6 Å². The summed E-state index contributed by atoms with van der Waals surface area (Å²) < 4.78 is 11.0. The molecule has 1 heterocycles. The number of aryl methyl sites for hydroxylation is 1. The lowest BCUT2D eigenvalue weighted by atomic mass is 10.0. The predicted octanol–water partition coefficient (Wildman–Crippen LogP) is 3.51. The molecule has 0 fully saturated rings. The van der Waals surface area contributed by atoms with Crippen LogP contribution in [0.25, 0.3) is 0 Å². The van der Waals surface area contributed by atoms with Crippen LogP contribution in [-0.4, -0.2) is 19.1 Å². The molecule has 1 aliphatic rings. The SMILES string of the molecule is CCc1ccc(C(C)NC(=O)c2ccc3c(c2)OCCO3)cc1. The van der Waals surface area contributed by atoms with E-state index in [9.17, 15) is 4.79 Å². The van der Waals surface area contributed by atoms with E-state index in [1.807, 2.05) is 6.92 Å². The minimum absolute atomic E-state index is 0.0541. The zero-order valence-corrected chi connectivity index (χ0v) is 13.5. The van der Waals surface area contributed by atoms with Gasteiger partial charge in [-0.1, -0.05) is 31.2 Å². The van der Waals surface area contributed by atoms with E-state index in [0.29, 0.717) is 30.3 Å². The highest BCUT2D eigenvalue weighted by molar-refractivity contribution is 5.95. The van der Waals surface area contributed by atoms with Gasteiger partial charge in [-0.25, -0.2) is 0 Å². The summed E-state index contributed by atoms with van der Waals surface area (Å²) in [6, 6.07) is 13.5. The molecule has 0 saturated carbocycles. The maximum atomic E-state index is 12.4. The first-order valence-electron chi connectivity index (χ1n) is 7.96. The first-order valence-corrected chi connectivity index (χ1v) is 7.96. The molecule has 1 aliphatic heterocycles. The Morgan fingerprint density at radius 1 is 1.09 bits per heavy atom. The minimum atomic E-state index is -0.117. The highest BCUT2D eigenvalue weighted by atomic mass is 16.6. The molecule has 0 saturated heterocycles. The molecule has 1 atom stereocenters. The third-order valence-electron chi connectivity index (χ3n) is 4.04. The number of ether oxygens (including phenoxy) is 2. The van der Waals surface area contributed by atoms with Crippen molar-refractivity contribution in [3.63, 3.8) is 0 Å². The fourth-order valence-electron chi connectivity index (χ4n) is 2.59. The van der Waals surface area contributed by atoms with Gasteiger partial charge < -0.3 is 14.8 Å². The van der Waals surface area contributed by atoms with Crippen molar-refractivity contribution >= 4 is 5.91 Å². The zero-order valence-electron chi connectivity index (χ0n) is 13.5. The monoisotopic (exact) mass is 311 g/mol. The number of nitrogens with one attached hydrogen (secondary N) is 1. The Balaban J connectivity index is 1.70. The molecule has 4 heteroatoms. The van der Waals surface area contributed by atoms with Gasteiger partial charge in [-0.05, 0) is 42.7 Å². The van der Waals surface area contributed by atoms with Gasteiger partial charge in [0, 0.05) is 5.56 Å². The number of hydrogen-bond donors (Lipinski definition) is 1. The molecule has 0 bridgehead atoms. The summed E-state index contributed by atoms with van der Waals surface area (Å²) in [5.74, 6) is 1.20. The maximum Gasteiger partial charge on any atom is 0.251 e. The minimum Gasteiger partial charge on any atom is -0.486 e. The summed E-state index contributed by atoms with van der Waals surface area (Å²) in [6.45, 7) is 5.17. The number of benzene rings is 2. The Morgan fingerprint density at radius 3 is 2.48 bits per heavy atom. The molecule has 1 amide bonds. The summed E-state index contributed by atoms with van der Waals surface area (Å²) in [5.41, 5.74) is 2.96. The molecule has 4 nitrogen and oxygen atoms in total. The average molecular weight is 311 g/mol. The van der Waals surface area contributed by atoms with Crippen molar-refractivity contribution in [2.24, 2.45) is 0 Å². The van der Waals surface area contributed by atoms with Gasteiger partial charge >= 0.3 is 0 Å². The van der Waals surface area contributed by atoms with Crippen LogP contribution in [0.5, 0.6) is 11.5 Å². The van der Waals surface area contributed by atoms with Gasteiger partial charge in [-0.15, -0.1) is 0 Å². The van der Waals surface area contributed by atoms with E-state index in [4.69, 9.17) is 9.47 Å². The third-order valence-corrected chi connectivity index (χ3v) is 4.04. The van der Waals surface area contributed by atoms with Crippen molar-refractivity contribution in [1.29, 1.82) is 0 Å². The molecule has 2 aromatic rings. The Hall–Kier alpha value is -2.49. The maximum absolute atomic E-state index is 12.4.